The zero-order chi connectivity index (χ0) is 16.8. The van der Waals surface area contributed by atoms with Gasteiger partial charge in [0, 0.05) is 0 Å². The third-order valence-electron chi connectivity index (χ3n) is 3.93. The highest BCUT2D eigenvalue weighted by Crippen LogP contribution is 2.20. The van der Waals surface area contributed by atoms with E-state index >= 15 is 0 Å². The second-order valence-electron chi connectivity index (χ2n) is 5.68. The Hall–Kier alpha value is -2.33. The van der Waals surface area contributed by atoms with E-state index in [2.05, 4.69) is 5.32 Å². The molecule has 23 heavy (non-hydrogen) atoms. The van der Waals surface area contributed by atoms with Crippen molar-refractivity contribution in [2.45, 2.75) is 32.4 Å². The number of rotatable bonds is 6. The zero-order valence-electron chi connectivity index (χ0n) is 13.7. The number of ether oxygens (including phenoxy) is 1. The van der Waals surface area contributed by atoms with E-state index in [0.29, 0.717) is 6.42 Å². The van der Waals surface area contributed by atoms with E-state index < -0.39 is 6.10 Å². The number of aliphatic hydroxyl groups excluding tert-OH is 1. The van der Waals surface area contributed by atoms with Crippen molar-refractivity contribution in [1.29, 1.82) is 0 Å². The number of carbonyl (C=O) groups excluding carboxylic acids is 1. The van der Waals surface area contributed by atoms with Gasteiger partial charge in [0.2, 0.25) is 5.91 Å². The largest absolute Gasteiger partial charge is 0.497 e. The van der Waals surface area contributed by atoms with Crippen LogP contribution in [0.3, 0.4) is 0 Å². The monoisotopic (exact) mass is 313 g/mol. The van der Waals surface area contributed by atoms with E-state index in [-0.39, 0.29) is 11.9 Å². The summed E-state index contributed by atoms with van der Waals surface area (Å²) in [5, 5.41) is 13.2. The van der Waals surface area contributed by atoms with Crippen LogP contribution in [0.4, 0.5) is 0 Å². The van der Waals surface area contributed by atoms with Gasteiger partial charge < -0.3 is 15.2 Å². The lowest BCUT2D eigenvalue weighted by atomic mass is 10.0. The Morgan fingerprint density at radius 3 is 2.43 bits per heavy atom. The summed E-state index contributed by atoms with van der Waals surface area (Å²) in [7, 11) is 1.60. The molecular weight excluding hydrogens is 290 g/mol. The van der Waals surface area contributed by atoms with E-state index in [4.69, 9.17) is 4.74 Å². The summed E-state index contributed by atoms with van der Waals surface area (Å²) < 4.78 is 5.10. The summed E-state index contributed by atoms with van der Waals surface area (Å²) in [5.41, 5.74) is 2.83. The van der Waals surface area contributed by atoms with Crippen molar-refractivity contribution < 1.29 is 14.6 Å². The van der Waals surface area contributed by atoms with Gasteiger partial charge in [-0.3, -0.25) is 4.79 Å². The van der Waals surface area contributed by atoms with Gasteiger partial charge in [-0.25, -0.2) is 0 Å². The third kappa shape index (κ3) is 4.57. The van der Waals surface area contributed by atoms with Crippen molar-refractivity contribution in [3.8, 4) is 5.75 Å². The first-order chi connectivity index (χ1) is 11.0. The molecule has 0 aliphatic heterocycles. The van der Waals surface area contributed by atoms with Gasteiger partial charge in [0.1, 0.15) is 5.75 Å². The van der Waals surface area contributed by atoms with Gasteiger partial charge in [0.05, 0.1) is 25.7 Å². The Morgan fingerprint density at radius 1 is 1.17 bits per heavy atom. The fourth-order valence-electron chi connectivity index (χ4n) is 2.46. The summed E-state index contributed by atoms with van der Waals surface area (Å²) in [4.78, 5) is 12.2. The van der Waals surface area contributed by atoms with Crippen molar-refractivity contribution in [2.24, 2.45) is 0 Å². The van der Waals surface area contributed by atoms with Gasteiger partial charge in [-0.1, -0.05) is 36.4 Å². The second-order valence-corrected chi connectivity index (χ2v) is 5.68. The summed E-state index contributed by atoms with van der Waals surface area (Å²) in [6, 6.07) is 14.6. The van der Waals surface area contributed by atoms with Gasteiger partial charge in [-0.2, -0.15) is 0 Å². The highest BCUT2D eigenvalue weighted by atomic mass is 16.5. The van der Waals surface area contributed by atoms with Crippen LogP contribution in [-0.2, 0) is 11.2 Å². The molecule has 4 heteroatoms. The molecule has 0 spiro atoms. The molecule has 1 amide bonds. The standard InChI is InChI=1S/C19H23NO3/c1-13-6-4-5-7-16(13)12-18(21)20-14(2)19(22)15-8-10-17(23-3)11-9-15/h4-11,14,19,22H,12H2,1-3H3,(H,20,21). The Balaban J connectivity index is 1.95. The van der Waals surface area contributed by atoms with Crippen LogP contribution in [0, 0.1) is 6.92 Å². The van der Waals surface area contributed by atoms with Crippen LogP contribution < -0.4 is 10.1 Å². The molecule has 2 aromatic rings. The van der Waals surface area contributed by atoms with Crippen molar-refractivity contribution in [2.75, 3.05) is 7.11 Å². The van der Waals surface area contributed by atoms with E-state index in [0.717, 1.165) is 22.4 Å². The number of hydrogen-bond acceptors (Lipinski definition) is 3. The van der Waals surface area contributed by atoms with Gasteiger partial charge in [-0.05, 0) is 42.7 Å². The fourth-order valence-corrected chi connectivity index (χ4v) is 2.46. The molecule has 0 radical (unpaired) electrons. The van der Waals surface area contributed by atoms with Crippen LogP contribution in [0.25, 0.3) is 0 Å². The Morgan fingerprint density at radius 2 is 1.83 bits per heavy atom. The lowest BCUT2D eigenvalue weighted by Gasteiger charge is -2.21. The van der Waals surface area contributed by atoms with Gasteiger partial charge >= 0.3 is 0 Å². The first-order valence-electron chi connectivity index (χ1n) is 7.67. The minimum atomic E-state index is -0.762. The number of carbonyl (C=O) groups is 1. The number of benzene rings is 2. The van der Waals surface area contributed by atoms with E-state index in [1.54, 1.807) is 38.3 Å². The molecule has 2 unspecified atom stereocenters. The second kappa shape index (κ2) is 7.79. The Bertz CT molecular complexity index is 652. The summed E-state index contributed by atoms with van der Waals surface area (Å²) >= 11 is 0. The number of methoxy groups -OCH3 is 1. The molecular formula is C19H23NO3. The van der Waals surface area contributed by atoms with Crippen molar-refractivity contribution >= 4 is 5.91 Å². The molecule has 0 heterocycles. The van der Waals surface area contributed by atoms with Gasteiger partial charge in [-0.15, -0.1) is 0 Å². The lowest BCUT2D eigenvalue weighted by molar-refractivity contribution is -0.121. The molecule has 0 saturated heterocycles. The highest BCUT2D eigenvalue weighted by molar-refractivity contribution is 5.79. The molecule has 0 aromatic heterocycles. The molecule has 2 N–H and O–H groups in total. The number of amides is 1. The number of aryl methyl sites for hydroxylation is 1. The first-order valence-corrected chi connectivity index (χ1v) is 7.67. The van der Waals surface area contributed by atoms with Crippen LogP contribution in [-0.4, -0.2) is 24.2 Å². The summed E-state index contributed by atoms with van der Waals surface area (Å²) in [6.45, 7) is 3.78. The Kier molecular flexibility index (Phi) is 5.77. The molecule has 0 bridgehead atoms. The molecule has 2 aromatic carbocycles. The van der Waals surface area contributed by atoms with Crippen LogP contribution in [0.15, 0.2) is 48.5 Å². The minimum absolute atomic E-state index is 0.0978. The minimum Gasteiger partial charge on any atom is -0.497 e. The predicted octanol–water partition coefficient (Wildman–Crippen LogP) is 2.78. The molecule has 0 saturated carbocycles. The van der Waals surface area contributed by atoms with Crippen LogP contribution in [0.1, 0.15) is 29.7 Å². The SMILES string of the molecule is COc1ccc(C(O)C(C)NC(=O)Cc2ccccc2C)cc1. The number of hydrogen-bond donors (Lipinski definition) is 2. The smallest absolute Gasteiger partial charge is 0.224 e. The van der Waals surface area contributed by atoms with E-state index in [9.17, 15) is 9.90 Å². The summed E-state index contributed by atoms with van der Waals surface area (Å²) in [5.74, 6) is 0.636. The normalized spacial score (nSPS) is 13.2. The van der Waals surface area contributed by atoms with Gasteiger partial charge in [0.15, 0.2) is 0 Å². The molecule has 122 valence electrons. The molecule has 0 aliphatic carbocycles. The number of aliphatic hydroxyl groups is 1. The van der Waals surface area contributed by atoms with Crippen LogP contribution in [0.5, 0.6) is 5.75 Å². The Labute approximate surface area is 137 Å². The average molecular weight is 313 g/mol. The average Bonchev–Trinajstić information content (AvgIpc) is 2.56. The van der Waals surface area contributed by atoms with Gasteiger partial charge in [0.25, 0.3) is 0 Å². The predicted molar refractivity (Wildman–Crippen MR) is 90.4 cm³/mol. The lowest BCUT2D eigenvalue weighted by Crippen LogP contribution is -2.38. The topological polar surface area (TPSA) is 58.6 Å². The molecule has 2 rings (SSSR count). The van der Waals surface area contributed by atoms with Crippen LogP contribution >= 0.6 is 0 Å². The summed E-state index contributed by atoms with van der Waals surface area (Å²) in [6.07, 6.45) is -0.450. The van der Waals surface area contributed by atoms with Crippen molar-refractivity contribution in [3.05, 3.63) is 65.2 Å². The maximum absolute atomic E-state index is 12.2. The zero-order valence-corrected chi connectivity index (χ0v) is 13.7. The van der Waals surface area contributed by atoms with Crippen molar-refractivity contribution in [1.82, 2.24) is 5.32 Å². The fraction of sp³-hybridized carbons (Fsp3) is 0.316. The highest BCUT2D eigenvalue weighted by Gasteiger charge is 2.18. The molecule has 0 fully saturated rings. The number of nitrogens with one attached hydrogen (secondary N) is 1. The third-order valence-corrected chi connectivity index (χ3v) is 3.93. The molecule has 2 atom stereocenters. The quantitative estimate of drug-likeness (QED) is 0.862. The van der Waals surface area contributed by atoms with E-state index in [1.165, 1.54) is 0 Å². The first kappa shape index (κ1) is 17.0. The molecule has 0 aliphatic rings. The molecule has 4 nitrogen and oxygen atoms in total. The maximum Gasteiger partial charge on any atom is 0.224 e. The van der Waals surface area contributed by atoms with E-state index in [1.807, 2.05) is 31.2 Å². The van der Waals surface area contributed by atoms with Crippen LogP contribution in [0.2, 0.25) is 0 Å². The van der Waals surface area contributed by atoms with Crippen molar-refractivity contribution in [3.63, 3.8) is 0 Å². The maximum atomic E-state index is 12.2.